The molecule has 0 unspecified atom stereocenters. The molecule has 0 spiro atoms. The van der Waals surface area contributed by atoms with Crippen molar-refractivity contribution in [1.29, 1.82) is 0 Å². The Labute approximate surface area is 239 Å². The van der Waals surface area contributed by atoms with Crippen molar-refractivity contribution >= 4 is 29.6 Å². The zero-order chi connectivity index (χ0) is 29.3. The van der Waals surface area contributed by atoms with Crippen molar-refractivity contribution in [2.75, 3.05) is 13.1 Å². The summed E-state index contributed by atoms with van der Waals surface area (Å²) in [5.41, 5.74) is -0.707. The average molecular weight is 563 g/mol. The van der Waals surface area contributed by atoms with Crippen LogP contribution in [0, 0.1) is 11.8 Å². The SMILES string of the molecule is CC[C@H]1CCN2C(=O)[C@@H](NC(=O)OC(C)(C)C)CCCCCCCCC[C@@H](C(=O)C(=O)NCC3CC3)NC(=O)[C@H]12. The van der Waals surface area contributed by atoms with Gasteiger partial charge in [0.05, 0.1) is 6.04 Å². The number of alkyl carbamates (subject to hydrolysis) is 1. The Bertz CT molecular complexity index is 912. The minimum absolute atomic E-state index is 0.0792. The molecule has 0 aromatic heterocycles. The number of carbonyl (C=O) groups excluding carboxylic acids is 5. The Morgan fingerprint density at radius 2 is 1.55 bits per heavy atom. The number of hydrogen-bond donors (Lipinski definition) is 3. The van der Waals surface area contributed by atoms with Crippen molar-refractivity contribution in [1.82, 2.24) is 20.9 Å². The van der Waals surface area contributed by atoms with Gasteiger partial charge in [0.2, 0.25) is 17.6 Å². The van der Waals surface area contributed by atoms with Gasteiger partial charge in [-0.1, -0.05) is 58.3 Å². The van der Waals surface area contributed by atoms with Gasteiger partial charge in [0.1, 0.15) is 17.7 Å². The summed E-state index contributed by atoms with van der Waals surface area (Å²) >= 11 is 0. The number of Topliss-reactive ketones (excluding diaryl/α,β-unsaturated/α-hetero) is 1. The second-order valence-electron chi connectivity index (χ2n) is 12.8. The fraction of sp³-hybridized carbons (Fsp3) is 0.833. The fourth-order valence-electron chi connectivity index (χ4n) is 5.71. The van der Waals surface area contributed by atoms with Gasteiger partial charge in [-0.05, 0) is 64.7 Å². The molecule has 40 heavy (non-hydrogen) atoms. The van der Waals surface area contributed by atoms with E-state index in [0.29, 0.717) is 44.7 Å². The van der Waals surface area contributed by atoms with Crippen LogP contribution in [0.25, 0.3) is 0 Å². The molecular formula is C30H50N4O6. The van der Waals surface area contributed by atoms with Crippen LogP contribution in [0.15, 0.2) is 0 Å². The van der Waals surface area contributed by atoms with E-state index in [9.17, 15) is 24.0 Å². The molecule has 226 valence electrons. The van der Waals surface area contributed by atoms with Crippen LogP contribution in [-0.2, 0) is 23.9 Å². The molecule has 0 aromatic rings. The predicted molar refractivity (Wildman–Crippen MR) is 151 cm³/mol. The molecule has 10 heteroatoms. The number of carbonyl (C=O) groups is 5. The van der Waals surface area contributed by atoms with E-state index in [1.54, 1.807) is 25.7 Å². The lowest BCUT2D eigenvalue weighted by atomic mass is 9.95. The Balaban J connectivity index is 1.80. The smallest absolute Gasteiger partial charge is 0.408 e. The van der Waals surface area contributed by atoms with Gasteiger partial charge in [-0.3, -0.25) is 19.2 Å². The first-order valence-electron chi connectivity index (χ1n) is 15.4. The Kier molecular flexibility index (Phi) is 11.8. The van der Waals surface area contributed by atoms with Crippen molar-refractivity contribution in [3.8, 4) is 0 Å². The number of nitrogens with zero attached hydrogens (tertiary/aromatic N) is 1. The Hall–Kier alpha value is -2.65. The lowest BCUT2D eigenvalue weighted by Crippen LogP contribution is -2.57. The first-order chi connectivity index (χ1) is 19.0. The maximum absolute atomic E-state index is 13.9. The van der Waals surface area contributed by atoms with E-state index >= 15 is 0 Å². The lowest BCUT2D eigenvalue weighted by Gasteiger charge is -2.32. The van der Waals surface area contributed by atoms with Crippen LogP contribution in [0.5, 0.6) is 0 Å². The molecule has 0 aromatic carbocycles. The average Bonchev–Trinajstić information content (AvgIpc) is 3.62. The van der Waals surface area contributed by atoms with Crippen LogP contribution in [0.2, 0.25) is 0 Å². The van der Waals surface area contributed by atoms with Crippen LogP contribution in [0.4, 0.5) is 4.79 Å². The first-order valence-corrected chi connectivity index (χ1v) is 15.4. The van der Waals surface area contributed by atoms with Gasteiger partial charge in [-0.15, -0.1) is 0 Å². The number of amides is 4. The summed E-state index contributed by atoms with van der Waals surface area (Å²) in [6, 6.07) is -2.50. The molecule has 4 amide bonds. The van der Waals surface area contributed by atoms with Crippen LogP contribution in [0.1, 0.15) is 111 Å². The fourth-order valence-corrected chi connectivity index (χ4v) is 5.71. The summed E-state index contributed by atoms with van der Waals surface area (Å²) in [6.45, 7) is 8.16. The van der Waals surface area contributed by atoms with Crippen LogP contribution < -0.4 is 16.0 Å². The standard InChI is InChI=1S/C30H50N4O6/c1-5-21-17-18-34-24(21)26(36)32-22(25(35)27(37)31-19-20-15-16-20)13-11-9-7-6-8-10-12-14-23(28(34)38)33-29(39)40-30(2,3)4/h20-24H,5-19H2,1-4H3,(H,31,37)(H,32,36)(H,33,39)/t21-,22-,23-,24-/m0/s1. The first kappa shape index (κ1) is 31.9. The van der Waals surface area contributed by atoms with Crippen LogP contribution in [-0.4, -0.2) is 71.3 Å². The van der Waals surface area contributed by atoms with Gasteiger partial charge >= 0.3 is 6.09 Å². The van der Waals surface area contributed by atoms with E-state index in [0.717, 1.165) is 57.8 Å². The Morgan fingerprint density at radius 1 is 0.925 bits per heavy atom. The number of nitrogens with one attached hydrogen (secondary N) is 3. The predicted octanol–water partition coefficient (Wildman–Crippen LogP) is 3.61. The summed E-state index contributed by atoms with van der Waals surface area (Å²) in [4.78, 5) is 67.6. The summed E-state index contributed by atoms with van der Waals surface area (Å²) < 4.78 is 5.43. The summed E-state index contributed by atoms with van der Waals surface area (Å²) in [5.74, 6) is -1.63. The van der Waals surface area contributed by atoms with E-state index in [-0.39, 0.29) is 11.8 Å². The van der Waals surface area contributed by atoms with Crippen molar-refractivity contribution in [3.05, 3.63) is 0 Å². The molecule has 3 rings (SSSR count). The molecule has 3 aliphatic rings. The van der Waals surface area contributed by atoms with E-state index in [4.69, 9.17) is 4.74 Å². The molecule has 0 bridgehead atoms. The van der Waals surface area contributed by atoms with Crippen LogP contribution >= 0.6 is 0 Å². The highest BCUT2D eigenvalue weighted by atomic mass is 16.6. The highest BCUT2D eigenvalue weighted by molar-refractivity contribution is 6.38. The zero-order valence-corrected chi connectivity index (χ0v) is 24.9. The molecule has 2 aliphatic heterocycles. The van der Waals surface area contributed by atoms with Crippen molar-refractivity contribution < 1.29 is 28.7 Å². The number of rotatable bonds is 6. The summed E-state index contributed by atoms with van der Waals surface area (Å²) in [5, 5.41) is 8.37. The highest BCUT2D eigenvalue weighted by Gasteiger charge is 2.44. The number of fused-ring (bicyclic) bond motifs is 1. The Morgan fingerprint density at radius 3 is 2.15 bits per heavy atom. The van der Waals surface area contributed by atoms with Gasteiger partial charge in [0.15, 0.2) is 0 Å². The largest absolute Gasteiger partial charge is 0.444 e. The number of ketones is 1. The molecule has 3 N–H and O–H groups in total. The van der Waals surface area contributed by atoms with Crippen molar-refractivity contribution in [2.24, 2.45) is 11.8 Å². The van der Waals surface area contributed by atoms with Gasteiger partial charge in [0.25, 0.3) is 5.91 Å². The minimum Gasteiger partial charge on any atom is -0.444 e. The second-order valence-corrected chi connectivity index (χ2v) is 12.8. The van der Waals surface area contributed by atoms with Crippen molar-refractivity contribution in [2.45, 2.75) is 135 Å². The summed E-state index contributed by atoms with van der Waals surface area (Å²) in [7, 11) is 0. The van der Waals surface area contributed by atoms with Gasteiger partial charge < -0.3 is 25.6 Å². The van der Waals surface area contributed by atoms with E-state index in [1.807, 2.05) is 6.92 Å². The topological polar surface area (TPSA) is 134 Å². The minimum atomic E-state index is -0.926. The number of hydrogen-bond acceptors (Lipinski definition) is 6. The van der Waals surface area contributed by atoms with Crippen LogP contribution in [0.3, 0.4) is 0 Å². The van der Waals surface area contributed by atoms with Gasteiger partial charge in [-0.2, -0.15) is 0 Å². The molecule has 4 atom stereocenters. The van der Waals surface area contributed by atoms with E-state index in [2.05, 4.69) is 16.0 Å². The lowest BCUT2D eigenvalue weighted by molar-refractivity contribution is -0.143. The molecule has 2 saturated heterocycles. The second kappa shape index (κ2) is 14.8. The normalized spacial score (nSPS) is 27.4. The maximum atomic E-state index is 13.9. The number of ether oxygens (including phenoxy) is 1. The molecule has 1 saturated carbocycles. The zero-order valence-electron chi connectivity index (χ0n) is 24.9. The monoisotopic (exact) mass is 562 g/mol. The van der Waals surface area contributed by atoms with E-state index < -0.39 is 47.4 Å². The van der Waals surface area contributed by atoms with E-state index in [1.165, 1.54) is 0 Å². The molecular weight excluding hydrogens is 512 g/mol. The van der Waals surface area contributed by atoms with Gasteiger partial charge in [-0.25, -0.2) is 4.79 Å². The molecule has 0 radical (unpaired) electrons. The maximum Gasteiger partial charge on any atom is 0.408 e. The molecule has 2 heterocycles. The van der Waals surface area contributed by atoms with Crippen molar-refractivity contribution in [3.63, 3.8) is 0 Å². The summed E-state index contributed by atoms with van der Waals surface area (Å²) in [6.07, 6.45) is 10.0. The molecule has 3 fully saturated rings. The third-order valence-electron chi connectivity index (χ3n) is 8.18. The quantitative estimate of drug-likeness (QED) is 0.424. The third-order valence-corrected chi connectivity index (χ3v) is 8.18. The molecule has 1 aliphatic carbocycles. The third kappa shape index (κ3) is 9.77. The molecule has 10 nitrogen and oxygen atoms in total. The highest BCUT2D eigenvalue weighted by Crippen LogP contribution is 2.29. The van der Waals surface area contributed by atoms with Gasteiger partial charge in [0, 0.05) is 13.1 Å².